The van der Waals surface area contributed by atoms with E-state index in [0.29, 0.717) is 0 Å². The Morgan fingerprint density at radius 2 is 1.80 bits per heavy atom. The monoisotopic (exact) mass is 200 g/mol. The van der Waals surface area contributed by atoms with Crippen molar-refractivity contribution in [2.45, 2.75) is 34.1 Å². The molecule has 0 bridgehead atoms. The summed E-state index contributed by atoms with van der Waals surface area (Å²) in [4.78, 5) is 0. The number of benzene rings is 1. The van der Waals surface area contributed by atoms with E-state index in [-0.39, 0.29) is 0 Å². The summed E-state index contributed by atoms with van der Waals surface area (Å²) in [6.07, 6.45) is 5.55. The molecular weight excluding hydrogens is 180 g/mol. The second-order valence-electron chi connectivity index (χ2n) is 3.95. The zero-order valence-electron chi connectivity index (χ0n) is 10.2. The Kier molecular flexibility index (Phi) is 4.36. The highest BCUT2D eigenvalue weighted by Gasteiger charge is 1.97. The van der Waals surface area contributed by atoms with Crippen LogP contribution in [0.5, 0.6) is 0 Å². The first kappa shape index (κ1) is 11.8. The Morgan fingerprint density at radius 3 is 2.27 bits per heavy atom. The molecule has 0 fully saturated rings. The van der Waals surface area contributed by atoms with Crippen LogP contribution in [0.3, 0.4) is 0 Å². The third-order valence-electron chi connectivity index (χ3n) is 2.66. The van der Waals surface area contributed by atoms with Crippen molar-refractivity contribution in [3.63, 3.8) is 0 Å². The SMILES string of the molecule is C/C=C(/C=C(/C)CC)c1ccc(C)cc1. The minimum Gasteiger partial charge on any atom is -0.0798 e. The predicted octanol–water partition coefficient (Wildman–Crippen LogP) is 4.75. The van der Waals surface area contributed by atoms with Gasteiger partial charge in [0.2, 0.25) is 0 Å². The fourth-order valence-corrected chi connectivity index (χ4v) is 1.45. The van der Waals surface area contributed by atoms with Crippen LogP contribution in [0.25, 0.3) is 5.57 Å². The average molecular weight is 200 g/mol. The van der Waals surface area contributed by atoms with Gasteiger partial charge in [0.1, 0.15) is 0 Å². The van der Waals surface area contributed by atoms with Crippen molar-refractivity contribution in [3.8, 4) is 0 Å². The molecule has 0 aliphatic heterocycles. The molecule has 0 N–H and O–H groups in total. The summed E-state index contributed by atoms with van der Waals surface area (Å²) in [6, 6.07) is 8.69. The smallest absolute Gasteiger partial charge is 0.0187 e. The molecule has 0 aliphatic rings. The van der Waals surface area contributed by atoms with Gasteiger partial charge in [-0.25, -0.2) is 0 Å². The fourth-order valence-electron chi connectivity index (χ4n) is 1.45. The lowest BCUT2D eigenvalue weighted by molar-refractivity contribution is 1.10. The molecule has 0 aliphatic carbocycles. The lowest BCUT2D eigenvalue weighted by atomic mass is 10.0. The van der Waals surface area contributed by atoms with Crippen molar-refractivity contribution < 1.29 is 0 Å². The molecule has 15 heavy (non-hydrogen) atoms. The summed E-state index contributed by atoms with van der Waals surface area (Å²) >= 11 is 0. The molecule has 0 saturated carbocycles. The maximum atomic E-state index is 2.27. The lowest BCUT2D eigenvalue weighted by Gasteiger charge is -2.04. The first-order chi connectivity index (χ1) is 7.17. The van der Waals surface area contributed by atoms with Gasteiger partial charge in [-0.2, -0.15) is 0 Å². The molecule has 0 heterocycles. The van der Waals surface area contributed by atoms with Gasteiger partial charge < -0.3 is 0 Å². The maximum Gasteiger partial charge on any atom is -0.0187 e. The standard InChI is InChI=1S/C15H20/c1-5-12(3)11-14(6-2)15-9-7-13(4)8-10-15/h6-11H,5H2,1-4H3/b12-11-,14-6-. The van der Waals surface area contributed by atoms with E-state index in [2.05, 4.69) is 64.1 Å². The van der Waals surface area contributed by atoms with Crippen LogP contribution < -0.4 is 0 Å². The molecule has 1 aromatic carbocycles. The molecular formula is C15H20. The van der Waals surface area contributed by atoms with Crippen molar-refractivity contribution in [3.05, 3.63) is 53.1 Å². The van der Waals surface area contributed by atoms with Gasteiger partial charge in [-0.15, -0.1) is 0 Å². The number of hydrogen-bond donors (Lipinski definition) is 0. The minimum absolute atomic E-state index is 1.11. The molecule has 0 unspecified atom stereocenters. The highest BCUT2D eigenvalue weighted by molar-refractivity contribution is 5.74. The molecule has 0 spiro atoms. The van der Waals surface area contributed by atoms with Gasteiger partial charge in [0.25, 0.3) is 0 Å². The maximum absolute atomic E-state index is 2.27. The van der Waals surface area contributed by atoms with E-state index >= 15 is 0 Å². The zero-order chi connectivity index (χ0) is 11.3. The number of allylic oxidation sites excluding steroid dienone is 4. The third kappa shape index (κ3) is 3.39. The summed E-state index contributed by atoms with van der Waals surface area (Å²) in [5, 5.41) is 0. The number of hydrogen-bond acceptors (Lipinski definition) is 0. The van der Waals surface area contributed by atoms with Crippen molar-refractivity contribution >= 4 is 5.57 Å². The summed E-state index contributed by atoms with van der Waals surface area (Å²) in [7, 11) is 0. The first-order valence-electron chi connectivity index (χ1n) is 5.58. The summed E-state index contributed by atoms with van der Waals surface area (Å²) in [5.74, 6) is 0. The first-order valence-corrected chi connectivity index (χ1v) is 5.58. The lowest BCUT2D eigenvalue weighted by Crippen LogP contribution is -1.83. The highest BCUT2D eigenvalue weighted by atomic mass is 14.0. The van der Waals surface area contributed by atoms with Crippen LogP contribution in [-0.2, 0) is 0 Å². The second-order valence-corrected chi connectivity index (χ2v) is 3.95. The van der Waals surface area contributed by atoms with Crippen LogP contribution >= 0.6 is 0 Å². The van der Waals surface area contributed by atoms with Crippen LogP contribution in [-0.4, -0.2) is 0 Å². The van der Waals surface area contributed by atoms with Gasteiger partial charge in [-0.1, -0.05) is 54.5 Å². The van der Waals surface area contributed by atoms with Crippen LogP contribution in [0.1, 0.15) is 38.3 Å². The molecule has 0 atom stereocenters. The summed E-state index contributed by atoms with van der Waals surface area (Å²) in [5.41, 5.74) is 5.35. The summed E-state index contributed by atoms with van der Waals surface area (Å²) in [6.45, 7) is 8.58. The second kappa shape index (κ2) is 5.55. The Hall–Kier alpha value is -1.30. The largest absolute Gasteiger partial charge is 0.0798 e. The van der Waals surface area contributed by atoms with Crippen LogP contribution in [0.4, 0.5) is 0 Å². The predicted molar refractivity (Wildman–Crippen MR) is 68.9 cm³/mol. The van der Waals surface area contributed by atoms with Gasteiger partial charge in [-0.05, 0) is 38.3 Å². The molecule has 1 aromatic rings. The molecule has 0 heteroatoms. The van der Waals surface area contributed by atoms with E-state index in [1.54, 1.807) is 0 Å². The van der Waals surface area contributed by atoms with Crippen molar-refractivity contribution in [1.29, 1.82) is 0 Å². The molecule has 1 rings (SSSR count). The zero-order valence-corrected chi connectivity index (χ0v) is 10.2. The van der Waals surface area contributed by atoms with Crippen molar-refractivity contribution in [2.24, 2.45) is 0 Å². The summed E-state index contributed by atoms with van der Waals surface area (Å²) < 4.78 is 0. The topological polar surface area (TPSA) is 0 Å². The Morgan fingerprint density at radius 1 is 1.20 bits per heavy atom. The minimum atomic E-state index is 1.11. The van der Waals surface area contributed by atoms with Crippen molar-refractivity contribution in [2.75, 3.05) is 0 Å². The third-order valence-corrected chi connectivity index (χ3v) is 2.66. The van der Waals surface area contributed by atoms with E-state index < -0.39 is 0 Å². The quantitative estimate of drug-likeness (QED) is 0.617. The van der Waals surface area contributed by atoms with Gasteiger partial charge in [-0.3, -0.25) is 0 Å². The van der Waals surface area contributed by atoms with Crippen LogP contribution in [0.15, 0.2) is 42.0 Å². The Balaban J connectivity index is 2.99. The number of rotatable bonds is 3. The molecule has 0 nitrogen and oxygen atoms in total. The van der Waals surface area contributed by atoms with E-state index in [1.165, 1.54) is 22.3 Å². The molecule has 0 saturated heterocycles. The van der Waals surface area contributed by atoms with E-state index in [9.17, 15) is 0 Å². The van der Waals surface area contributed by atoms with Crippen LogP contribution in [0.2, 0.25) is 0 Å². The van der Waals surface area contributed by atoms with Gasteiger partial charge in [0.05, 0.1) is 0 Å². The van der Waals surface area contributed by atoms with E-state index in [4.69, 9.17) is 0 Å². The average Bonchev–Trinajstić information content (AvgIpc) is 2.27. The normalized spacial score (nSPS) is 13.1. The van der Waals surface area contributed by atoms with Crippen LogP contribution in [0, 0.1) is 6.92 Å². The Bertz CT molecular complexity index is 364. The van der Waals surface area contributed by atoms with Gasteiger partial charge in [0, 0.05) is 0 Å². The molecule has 0 amide bonds. The van der Waals surface area contributed by atoms with E-state index in [1.807, 2.05) is 0 Å². The fraction of sp³-hybridized carbons (Fsp3) is 0.333. The van der Waals surface area contributed by atoms with Gasteiger partial charge >= 0.3 is 0 Å². The van der Waals surface area contributed by atoms with E-state index in [0.717, 1.165) is 6.42 Å². The molecule has 0 radical (unpaired) electrons. The number of aryl methyl sites for hydroxylation is 1. The van der Waals surface area contributed by atoms with Gasteiger partial charge in [0.15, 0.2) is 0 Å². The Labute approximate surface area is 93.3 Å². The molecule has 80 valence electrons. The highest BCUT2D eigenvalue weighted by Crippen LogP contribution is 2.18. The van der Waals surface area contributed by atoms with Crippen molar-refractivity contribution in [1.82, 2.24) is 0 Å². The molecule has 0 aromatic heterocycles.